The van der Waals surface area contributed by atoms with Gasteiger partial charge in [0.05, 0.1) is 77.7 Å². The van der Waals surface area contributed by atoms with Crippen molar-refractivity contribution in [3.63, 3.8) is 0 Å². The average molecular weight is 1700 g/mol. The quantitative estimate of drug-likeness (QED) is 0.0519. The summed E-state index contributed by atoms with van der Waals surface area (Å²) in [6.45, 7) is 20.5. The van der Waals surface area contributed by atoms with Gasteiger partial charge in [-0.3, -0.25) is 62.3 Å². The summed E-state index contributed by atoms with van der Waals surface area (Å²) in [4.78, 5) is 109. The van der Waals surface area contributed by atoms with E-state index in [1.54, 1.807) is 118 Å². The highest BCUT2D eigenvalue weighted by Gasteiger charge is 2.40. The Balaban J connectivity index is 0.000000159. The van der Waals surface area contributed by atoms with Crippen molar-refractivity contribution >= 4 is 109 Å². The molecular weight excluding hydrogens is 1590 g/mol. The topological polar surface area (TPSA) is 243 Å². The lowest BCUT2D eigenvalue weighted by atomic mass is 10.0. The standard InChI is InChI=1S/2C30H35ClFN5O4.C24H28ClFN4O.C4H9NO/c2*1-18-14-36(19(2)13-35(18)15-20-5-7-21(32)8-6-20)29(40)24-11-23-25(17-37(33(3)4)27(23)12-26(24)31)28(39)30(41)34-10-9-22(38)16-34;1-16-14-29(17(2)13-28(16)15-18-5-7-20(26)8-6-18)24(31)21-11-19-9-10-30(27(3)4)23(19)12-22(21)25;6-4-1-2-5-3-4/h2*5-8,11-12,17-19,22,38H,9-10,13-16H2,1-4H3;5-12,16-17H,13-15H2,1-4H3;4-6H,1-3H2/t2*18-,19+,22+;16-,17+;4-/m0001/s1. The van der Waals surface area contributed by atoms with Gasteiger partial charge < -0.3 is 60.2 Å². The van der Waals surface area contributed by atoms with E-state index in [0.29, 0.717) is 104 Å². The van der Waals surface area contributed by atoms with Crippen LogP contribution in [-0.2, 0) is 29.2 Å². The Kier molecular flexibility index (Phi) is 28.3. The van der Waals surface area contributed by atoms with Crippen molar-refractivity contribution in [1.82, 2.24) is 58.5 Å². The van der Waals surface area contributed by atoms with Crippen LogP contribution in [0, 0.1) is 17.5 Å². The molecule has 6 fully saturated rings. The number of aliphatic hydroxyl groups is 3. The Morgan fingerprint density at radius 3 is 1.03 bits per heavy atom. The van der Waals surface area contributed by atoms with Crippen molar-refractivity contribution in [3.8, 4) is 0 Å². The van der Waals surface area contributed by atoms with Gasteiger partial charge in [-0.1, -0.05) is 71.2 Å². The molecule has 9 aromatic rings. The summed E-state index contributed by atoms with van der Waals surface area (Å²) in [5.74, 6) is -4.05. The Bertz CT molecular complexity index is 4970. The van der Waals surface area contributed by atoms with Crippen molar-refractivity contribution in [2.24, 2.45) is 0 Å². The van der Waals surface area contributed by atoms with Crippen LogP contribution in [0.1, 0.15) is 129 Å². The van der Waals surface area contributed by atoms with Crippen LogP contribution >= 0.6 is 34.8 Å². The van der Waals surface area contributed by atoms with Crippen LogP contribution in [0.2, 0.25) is 15.1 Å². The van der Waals surface area contributed by atoms with E-state index < -0.39 is 35.6 Å². The molecule has 9 heterocycles. The number of hydrogen-bond acceptors (Lipinski definition) is 17. The number of carbonyl (C=O) groups is 7. The zero-order chi connectivity index (χ0) is 85.9. The molecule has 119 heavy (non-hydrogen) atoms. The highest BCUT2D eigenvalue weighted by molar-refractivity contribution is 6.46. The Morgan fingerprint density at radius 2 is 0.739 bits per heavy atom. The molecule has 4 N–H and O–H groups in total. The molecule has 6 aliphatic heterocycles. The van der Waals surface area contributed by atoms with Crippen LogP contribution in [0.25, 0.3) is 32.7 Å². The van der Waals surface area contributed by atoms with Gasteiger partial charge in [-0.2, -0.15) is 0 Å². The number of aromatic nitrogens is 3. The predicted octanol–water partition coefficient (Wildman–Crippen LogP) is 9.99. The molecule has 9 atom stereocenters. The second kappa shape index (κ2) is 38.0. The van der Waals surface area contributed by atoms with E-state index >= 15 is 0 Å². The van der Waals surface area contributed by atoms with E-state index in [4.69, 9.17) is 39.9 Å². The van der Waals surface area contributed by atoms with Crippen molar-refractivity contribution in [2.45, 2.75) is 135 Å². The maximum atomic E-state index is 13.9. The summed E-state index contributed by atoms with van der Waals surface area (Å²) in [6, 6.07) is 31.9. The third-order valence-electron chi connectivity index (χ3n) is 23.3. The predicted molar refractivity (Wildman–Crippen MR) is 458 cm³/mol. The molecule has 0 spiro atoms. The summed E-state index contributed by atoms with van der Waals surface area (Å²) < 4.78 is 45.3. The summed E-state index contributed by atoms with van der Waals surface area (Å²) in [7, 11) is 11.1. The monoisotopic (exact) mass is 1700 g/mol. The molecule has 0 bridgehead atoms. The first-order chi connectivity index (χ1) is 56.5. The van der Waals surface area contributed by atoms with Crippen LogP contribution in [0.15, 0.2) is 134 Å². The first kappa shape index (κ1) is 88.7. The molecule has 0 radical (unpaired) electrons. The van der Waals surface area contributed by atoms with Crippen molar-refractivity contribution < 1.29 is 62.1 Å². The number of Topliss-reactive ketones (excluding diaryl/α,β-unsaturated/α-hetero) is 2. The van der Waals surface area contributed by atoms with Crippen LogP contribution in [0.4, 0.5) is 13.2 Å². The van der Waals surface area contributed by atoms with E-state index in [1.807, 2.05) is 79.1 Å². The van der Waals surface area contributed by atoms with Crippen LogP contribution in [0.3, 0.4) is 0 Å². The number of halogens is 6. The SMILES string of the molecule is C[C@@H]1CN(Cc2ccc(F)cc2)[C@@H](C)CN1C(=O)c1cc2c(C(=O)C(=O)N3CC[C@@H](O)C3)cn(N(C)C)c2cc1Cl.C[C@@H]1CN(Cc2ccc(F)cc2)[C@@H](C)CN1C(=O)c1cc2c(C(=O)C(=O)N3CC[C@@H](O)C3)cn(N(C)C)c2cc1Cl.C[C@@H]1CN(Cc2ccc(F)cc2)[C@@H](C)CN1C(=O)c1cc2ccn(N(C)C)c2cc1Cl.O[C@@H]1CCNC1. The summed E-state index contributed by atoms with van der Waals surface area (Å²) in [5.41, 5.74) is 6.65. The molecule has 6 aromatic carbocycles. The van der Waals surface area contributed by atoms with Crippen molar-refractivity contribution in [2.75, 3.05) is 136 Å². The number of amides is 5. The van der Waals surface area contributed by atoms with E-state index in [1.165, 1.54) is 46.2 Å². The van der Waals surface area contributed by atoms with Gasteiger partial charge in [0.15, 0.2) is 0 Å². The minimum Gasteiger partial charge on any atom is -0.392 e. The molecule has 636 valence electrons. The molecule has 15 rings (SSSR count). The van der Waals surface area contributed by atoms with Crippen LogP contribution < -0.4 is 20.3 Å². The highest BCUT2D eigenvalue weighted by Crippen LogP contribution is 2.36. The molecule has 0 unspecified atom stereocenters. The third kappa shape index (κ3) is 20.2. The Labute approximate surface area is 707 Å². The lowest BCUT2D eigenvalue weighted by Crippen LogP contribution is -2.57. The molecule has 31 heteroatoms. The number of nitrogens with zero attached hydrogens (tertiary/aromatic N) is 14. The largest absolute Gasteiger partial charge is 0.392 e. The Morgan fingerprint density at radius 1 is 0.403 bits per heavy atom. The van der Waals surface area contributed by atoms with E-state index in [0.717, 1.165) is 60.2 Å². The molecule has 0 aliphatic carbocycles. The summed E-state index contributed by atoms with van der Waals surface area (Å²) in [5, 5.41) is 39.7. The van der Waals surface area contributed by atoms with E-state index in [2.05, 4.69) is 47.7 Å². The second-order valence-corrected chi connectivity index (χ2v) is 34.1. The van der Waals surface area contributed by atoms with Gasteiger partial charge in [0.2, 0.25) is 0 Å². The van der Waals surface area contributed by atoms with Gasteiger partial charge in [-0.05, 0) is 163 Å². The van der Waals surface area contributed by atoms with Gasteiger partial charge in [-0.15, -0.1) is 0 Å². The third-order valence-corrected chi connectivity index (χ3v) is 24.3. The molecule has 6 aliphatic rings. The van der Waals surface area contributed by atoms with E-state index in [-0.39, 0.29) is 123 Å². The smallest absolute Gasteiger partial charge is 0.295 e. The number of benzene rings is 6. The number of hydrogen-bond donors (Lipinski definition) is 4. The van der Waals surface area contributed by atoms with Gasteiger partial charge in [0.1, 0.15) is 17.5 Å². The number of fused-ring (bicyclic) bond motifs is 3. The normalized spacial score (nSPS) is 21.7. The molecule has 6 saturated heterocycles. The number of nitrogens with one attached hydrogen (secondary N) is 1. The lowest BCUT2D eigenvalue weighted by Gasteiger charge is -2.44. The van der Waals surface area contributed by atoms with Gasteiger partial charge >= 0.3 is 0 Å². The molecule has 5 amide bonds. The van der Waals surface area contributed by atoms with Crippen molar-refractivity contribution in [3.05, 3.63) is 211 Å². The number of β-amino-alcohol motifs (C(OH)–C–C–N with tert-alkyl or cyclic N) is 3. The summed E-state index contributed by atoms with van der Waals surface area (Å²) in [6.07, 6.45) is 5.58. The van der Waals surface area contributed by atoms with Crippen LogP contribution in [-0.4, -0.2) is 285 Å². The fourth-order valence-electron chi connectivity index (χ4n) is 16.5. The van der Waals surface area contributed by atoms with Gasteiger partial charge in [0.25, 0.3) is 41.1 Å². The number of carbonyl (C=O) groups excluding carboxylic acids is 7. The molecule has 3 aromatic heterocycles. The zero-order valence-electron chi connectivity index (χ0n) is 69.4. The highest BCUT2D eigenvalue weighted by atomic mass is 35.5. The number of aliphatic hydroxyl groups excluding tert-OH is 3. The van der Waals surface area contributed by atoms with Gasteiger partial charge in [0, 0.05) is 205 Å². The van der Waals surface area contributed by atoms with E-state index in [9.17, 15) is 56.9 Å². The molecular formula is C88H107Cl3F3N15O10. The first-order valence-corrected chi connectivity index (χ1v) is 41.5. The average Bonchev–Trinajstić information content (AvgIpc) is 1.65. The maximum Gasteiger partial charge on any atom is 0.295 e. The zero-order valence-corrected chi connectivity index (χ0v) is 71.6. The lowest BCUT2D eigenvalue weighted by molar-refractivity contribution is -0.126. The van der Waals surface area contributed by atoms with Crippen LogP contribution in [0.5, 0.6) is 0 Å². The Hall–Kier alpha value is -9.59. The number of rotatable bonds is 16. The fraction of sp³-hybridized carbons (Fsp3) is 0.443. The first-order valence-electron chi connectivity index (χ1n) is 40.4. The fourth-order valence-corrected chi connectivity index (χ4v) is 17.2. The molecule has 25 nitrogen and oxygen atoms in total. The minimum atomic E-state index is -0.693. The molecule has 0 saturated carbocycles. The van der Waals surface area contributed by atoms with Crippen molar-refractivity contribution in [1.29, 1.82) is 0 Å². The number of piperazine rings is 3. The second-order valence-electron chi connectivity index (χ2n) is 32.9. The maximum absolute atomic E-state index is 13.9. The number of ketones is 2. The number of likely N-dealkylation sites (tertiary alicyclic amines) is 2. The van der Waals surface area contributed by atoms with Gasteiger partial charge in [-0.25, -0.2) is 13.2 Å². The summed E-state index contributed by atoms with van der Waals surface area (Å²) >= 11 is 19.9. The minimum absolute atomic E-state index is 0.0368.